The van der Waals surface area contributed by atoms with Crippen molar-refractivity contribution in [3.05, 3.63) is 40.2 Å². The number of fused-ring (bicyclic) bond motifs is 1. The number of benzene rings is 1. The fraction of sp³-hybridized carbons (Fsp3) is 0.375. The van der Waals surface area contributed by atoms with Gasteiger partial charge in [-0.2, -0.15) is 0 Å². The Kier molecular flexibility index (Phi) is 7.03. The normalized spacial score (nSPS) is 27.3. The molecule has 1 fully saturated rings. The maximum atomic E-state index is 11.5. The first kappa shape index (κ1) is 22.5. The fourth-order valence-corrected chi connectivity index (χ4v) is 2.66. The van der Waals surface area contributed by atoms with E-state index in [0.29, 0.717) is 10.9 Å². The van der Waals surface area contributed by atoms with Crippen molar-refractivity contribution in [3.8, 4) is 5.75 Å². The maximum absolute atomic E-state index is 11.5. The van der Waals surface area contributed by atoms with E-state index in [0.717, 1.165) is 0 Å². The van der Waals surface area contributed by atoms with E-state index in [4.69, 9.17) is 19.0 Å². The predicted molar refractivity (Wildman–Crippen MR) is 89.4 cm³/mol. The molecule has 2 heterocycles. The van der Waals surface area contributed by atoms with Crippen molar-refractivity contribution in [1.82, 2.24) is 0 Å². The third kappa shape index (κ3) is 4.24. The summed E-state index contributed by atoms with van der Waals surface area (Å²) in [5, 5.41) is 39.1. The highest BCUT2D eigenvalue weighted by molar-refractivity contribution is 5.81. The Hall–Kier alpha value is -2.54. The highest BCUT2D eigenvalue weighted by Crippen LogP contribution is 2.27. The van der Waals surface area contributed by atoms with Gasteiger partial charge in [-0.15, -0.1) is 0 Å². The summed E-state index contributed by atoms with van der Waals surface area (Å²) >= 11 is 0. The molecular weight excluding hydrogens is 368 g/mol. The first-order valence-corrected chi connectivity index (χ1v) is 7.41. The van der Waals surface area contributed by atoms with Gasteiger partial charge in [0.2, 0.25) is 6.29 Å². The number of carboxylic acids is 1. The fourth-order valence-electron chi connectivity index (χ4n) is 2.66. The van der Waals surface area contributed by atoms with E-state index < -0.39 is 42.3 Å². The number of hydrogen-bond donors (Lipinski definition) is 4. The van der Waals surface area contributed by atoms with E-state index in [2.05, 4.69) is 0 Å². The van der Waals surface area contributed by atoms with Crippen molar-refractivity contribution in [2.24, 2.45) is 0 Å². The van der Waals surface area contributed by atoms with Crippen molar-refractivity contribution >= 4 is 16.9 Å². The van der Waals surface area contributed by atoms with Crippen LogP contribution in [-0.4, -0.2) is 68.1 Å². The van der Waals surface area contributed by atoms with Crippen LogP contribution < -0.4 is 10.4 Å². The second-order valence-corrected chi connectivity index (χ2v) is 5.76. The van der Waals surface area contributed by atoms with Crippen LogP contribution in [0.3, 0.4) is 0 Å². The zero-order valence-electron chi connectivity index (χ0n) is 14.0. The summed E-state index contributed by atoms with van der Waals surface area (Å²) in [5.41, 5.74) is 0.403. The van der Waals surface area contributed by atoms with E-state index in [1.807, 2.05) is 0 Å². The molecule has 27 heavy (non-hydrogen) atoms. The summed E-state index contributed by atoms with van der Waals surface area (Å²) in [5.74, 6) is -1.38. The summed E-state index contributed by atoms with van der Waals surface area (Å²) in [6.07, 6.45) is -8.53. The summed E-state index contributed by atoms with van der Waals surface area (Å²) in [7, 11) is 0. The van der Waals surface area contributed by atoms with E-state index in [-0.39, 0.29) is 22.3 Å². The molecule has 11 heteroatoms. The number of aryl methyl sites for hydroxylation is 1. The number of aliphatic carboxylic acids is 1. The highest BCUT2D eigenvalue weighted by Gasteiger charge is 2.48. The molecule has 5 unspecified atom stereocenters. The SMILES string of the molecule is Cc1cc(=O)oc2cc(OC3OC(C(=O)O)C(O)C(O)C3O)ccc12.O.O. The van der Waals surface area contributed by atoms with Gasteiger partial charge in [0.05, 0.1) is 0 Å². The van der Waals surface area contributed by atoms with Crippen LogP contribution in [0.5, 0.6) is 5.75 Å². The predicted octanol–water partition coefficient (Wildman–Crippen LogP) is -2.28. The van der Waals surface area contributed by atoms with Crippen LogP contribution in [0.15, 0.2) is 33.5 Å². The molecule has 1 aromatic heterocycles. The summed E-state index contributed by atoms with van der Waals surface area (Å²) < 4.78 is 15.5. The minimum absolute atomic E-state index is 0. The van der Waals surface area contributed by atoms with Gasteiger partial charge in [0.15, 0.2) is 6.10 Å². The smallest absolute Gasteiger partial charge is 0.336 e. The second kappa shape index (κ2) is 8.43. The number of carboxylic acid groups (broad SMARTS) is 1. The number of aliphatic hydroxyl groups excluding tert-OH is 3. The zero-order valence-corrected chi connectivity index (χ0v) is 14.0. The van der Waals surface area contributed by atoms with E-state index >= 15 is 0 Å². The lowest BCUT2D eigenvalue weighted by Crippen LogP contribution is -2.61. The Labute approximate surface area is 151 Å². The number of aliphatic hydroxyl groups is 3. The maximum Gasteiger partial charge on any atom is 0.336 e. The summed E-state index contributed by atoms with van der Waals surface area (Å²) in [6, 6.07) is 5.86. The molecule has 0 aliphatic carbocycles. The van der Waals surface area contributed by atoms with Crippen LogP contribution in [0, 0.1) is 6.92 Å². The lowest BCUT2D eigenvalue weighted by Gasteiger charge is -2.38. The van der Waals surface area contributed by atoms with Crippen molar-refractivity contribution < 1.29 is 50.1 Å². The minimum atomic E-state index is -1.80. The molecule has 0 bridgehead atoms. The number of hydrogen-bond acceptors (Lipinski definition) is 8. The Morgan fingerprint density at radius 2 is 1.74 bits per heavy atom. The molecule has 1 aliphatic heterocycles. The molecule has 1 saturated heterocycles. The van der Waals surface area contributed by atoms with Gasteiger partial charge < -0.3 is 45.3 Å². The van der Waals surface area contributed by atoms with E-state index in [9.17, 15) is 24.9 Å². The number of carbonyl (C=O) groups is 1. The lowest BCUT2D eigenvalue weighted by molar-refractivity contribution is -0.271. The van der Waals surface area contributed by atoms with Crippen LogP contribution in [0.4, 0.5) is 0 Å². The topological polar surface area (TPSA) is 210 Å². The van der Waals surface area contributed by atoms with Gasteiger partial charge in [-0.1, -0.05) is 0 Å². The largest absolute Gasteiger partial charge is 0.479 e. The monoisotopic (exact) mass is 388 g/mol. The van der Waals surface area contributed by atoms with Crippen LogP contribution >= 0.6 is 0 Å². The van der Waals surface area contributed by atoms with Gasteiger partial charge in [-0.05, 0) is 24.6 Å². The Morgan fingerprint density at radius 3 is 2.37 bits per heavy atom. The average Bonchev–Trinajstić information content (AvgIpc) is 2.54. The quantitative estimate of drug-likeness (QED) is 0.417. The number of ether oxygens (including phenoxy) is 2. The van der Waals surface area contributed by atoms with Gasteiger partial charge >= 0.3 is 11.6 Å². The molecule has 0 radical (unpaired) electrons. The van der Waals surface area contributed by atoms with Crippen molar-refractivity contribution in [1.29, 1.82) is 0 Å². The van der Waals surface area contributed by atoms with Crippen molar-refractivity contribution in [2.75, 3.05) is 0 Å². The molecule has 1 aliphatic rings. The summed E-state index contributed by atoms with van der Waals surface area (Å²) in [6.45, 7) is 1.74. The molecule has 3 rings (SSSR count). The number of rotatable bonds is 3. The highest BCUT2D eigenvalue weighted by atomic mass is 16.7. The third-order valence-electron chi connectivity index (χ3n) is 3.99. The molecule has 2 aromatic rings. The minimum Gasteiger partial charge on any atom is -0.479 e. The molecule has 11 nitrogen and oxygen atoms in total. The molecule has 150 valence electrons. The second-order valence-electron chi connectivity index (χ2n) is 5.76. The first-order chi connectivity index (χ1) is 11.8. The van der Waals surface area contributed by atoms with E-state index in [1.165, 1.54) is 18.2 Å². The summed E-state index contributed by atoms with van der Waals surface area (Å²) in [4.78, 5) is 22.5. The standard InChI is InChI=1S/C16H16O9.2H2O/c1-6-4-10(17)24-9-5-7(2-3-8(6)9)23-16-13(20)11(18)12(19)14(25-16)15(21)22;;/h2-5,11-14,16,18-20H,1H3,(H,21,22);2*1H2. The van der Waals surface area contributed by atoms with Gasteiger partial charge in [-0.25, -0.2) is 9.59 Å². The average molecular weight is 388 g/mol. The van der Waals surface area contributed by atoms with Gasteiger partial charge in [0, 0.05) is 17.5 Å². The first-order valence-electron chi connectivity index (χ1n) is 7.41. The van der Waals surface area contributed by atoms with Crippen molar-refractivity contribution in [3.63, 3.8) is 0 Å². The van der Waals surface area contributed by atoms with Gasteiger partial charge in [0.1, 0.15) is 29.6 Å². The van der Waals surface area contributed by atoms with Crippen LogP contribution in [-0.2, 0) is 9.53 Å². The van der Waals surface area contributed by atoms with E-state index in [1.54, 1.807) is 13.0 Å². The molecular formula is C16H20O11. The Morgan fingerprint density at radius 1 is 1.07 bits per heavy atom. The zero-order chi connectivity index (χ0) is 18.3. The molecule has 0 spiro atoms. The Balaban J connectivity index is 0.00000182. The van der Waals surface area contributed by atoms with Crippen LogP contribution in [0.1, 0.15) is 5.56 Å². The molecule has 0 saturated carbocycles. The Bertz CT molecular complexity index is 861. The van der Waals surface area contributed by atoms with Crippen LogP contribution in [0.25, 0.3) is 11.0 Å². The molecule has 1 aromatic carbocycles. The lowest BCUT2D eigenvalue weighted by atomic mass is 9.99. The van der Waals surface area contributed by atoms with Gasteiger partial charge in [0.25, 0.3) is 0 Å². The molecule has 0 amide bonds. The van der Waals surface area contributed by atoms with Crippen molar-refractivity contribution in [2.45, 2.75) is 37.6 Å². The van der Waals surface area contributed by atoms with Gasteiger partial charge in [-0.3, -0.25) is 0 Å². The molecule has 5 atom stereocenters. The third-order valence-corrected chi connectivity index (χ3v) is 3.99. The van der Waals surface area contributed by atoms with Crippen LogP contribution in [0.2, 0.25) is 0 Å². The molecule has 8 N–H and O–H groups in total.